The average Bonchev–Trinajstić information content (AvgIpc) is 3.28. The minimum Gasteiger partial charge on any atom is -0.385 e. The van der Waals surface area contributed by atoms with Crippen LogP contribution in [0.2, 0.25) is 0 Å². The SMILES string of the molecule is COCCCNC(=O)c1nc(-c2ccc(C)cc2)cc2c1nc(C)n2C1CCS(=O)(=O)C1. The molecule has 1 amide bonds. The summed E-state index contributed by atoms with van der Waals surface area (Å²) >= 11 is 0. The molecule has 1 saturated heterocycles. The summed E-state index contributed by atoms with van der Waals surface area (Å²) in [6.07, 6.45) is 1.23. The highest BCUT2D eigenvalue weighted by Gasteiger charge is 2.32. The van der Waals surface area contributed by atoms with Crippen molar-refractivity contribution in [1.29, 1.82) is 0 Å². The molecule has 4 rings (SSSR count). The summed E-state index contributed by atoms with van der Waals surface area (Å²) in [4.78, 5) is 22.4. The summed E-state index contributed by atoms with van der Waals surface area (Å²) in [5, 5.41) is 2.90. The number of hydrogen-bond acceptors (Lipinski definition) is 6. The van der Waals surface area contributed by atoms with Crippen molar-refractivity contribution in [1.82, 2.24) is 19.9 Å². The number of rotatable bonds is 7. The number of carbonyl (C=O) groups is 1. The van der Waals surface area contributed by atoms with Crippen LogP contribution in [0.25, 0.3) is 22.3 Å². The predicted molar refractivity (Wildman–Crippen MR) is 124 cm³/mol. The van der Waals surface area contributed by atoms with Gasteiger partial charge in [-0.05, 0) is 32.8 Å². The zero-order valence-electron chi connectivity index (χ0n) is 18.6. The van der Waals surface area contributed by atoms with Crippen molar-refractivity contribution < 1.29 is 17.9 Å². The van der Waals surface area contributed by atoms with Crippen LogP contribution in [0.5, 0.6) is 0 Å². The number of aryl methyl sites for hydroxylation is 2. The number of nitrogens with zero attached hydrogens (tertiary/aromatic N) is 3. The van der Waals surface area contributed by atoms with E-state index in [0.29, 0.717) is 43.0 Å². The molecular formula is C23H28N4O4S. The minimum absolute atomic E-state index is 0.0834. The van der Waals surface area contributed by atoms with E-state index < -0.39 is 9.84 Å². The van der Waals surface area contributed by atoms with Crippen molar-refractivity contribution >= 4 is 26.8 Å². The Hall–Kier alpha value is -2.78. The van der Waals surface area contributed by atoms with Crippen LogP contribution in [-0.2, 0) is 14.6 Å². The molecule has 170 valence electrons. The predicted octanol–water partition coefficient (Wildman–Crippen LogP) is 2.84. The van der Waals surface area contributed by atoms with Crippen LogP contribution in [-0.4, -0.2) is 60.6 Å². The van der Waals surface area contributed by atoms with Crippen molar-refractivity contribution in [2.24, 2.45) is 0 Å². The number of pyridine rings is 1. The molecule has 1 atom stereocenters. The molecule has 3 aromatic rings. The number of carbonyl (C=O) groups excluding carboxylic acids is 1. The number of imidazole rings is 1. The van der Waals surface area contributed by atoms with E-state index >= 15 is 0 Å². The molecule has 0 aliphatic carbocycles. The van der Waals surface area contributed by atoms with E-state index in [0.717, 1.165) is 16.6 Å². The van der Waals surface area contributed by atoms with Crippen LogP contribution in [0.4, 0.5) is 0 Å². The van der Waals surface area contributed by atoms with Crippen LogP contribution in [0.3, 0.4) is 0 Å². The number of hydrogen-bond donors (Lipinski definition) is 1. The fourth-order valence-electron chi connectivity index (χ4n) is 4.18. The second kappa shape index (κ2) is 8.99. The molecule has 0 bridgehead atoms. The summed E-state index contributed by atoms with van der Waals surface area (Å²) in [5.41, 5.74) is 4.14. The number of nitrogens with one attached hydrogen (secondary N) is 1. The van der Waals surface area contributed by atoms with Gasteiger partial charge in [0.2, 0.25) is 0 Å². The van der Waals surface area contributed by atoms with Gasteiger partial charge in [-0.15, -0.1) is 0 Å². The number of sulfone groups is 1. The van der Waals surface area contributed by atoms with Gasteiger partial charge in [-0.25, -0.2) is 18.4 Å². The Kier molecular flexibility index (Phi) is 6.30. The molecule has 1 aliphatic heterocycles. The van der Waals surface area contributed by atoms with Gasteiger partial charge in [0.15, 0.2) is 15.5 Å². The third-order valence-electron chi connectivity index (χ3n) is 5.80. The van der Waals surface area contributed by atoms with Crippen molar-refractivity contribution in [3.8, 4) is 11.3 Å². The number of benzene rings is 1. The van der Waals surface area contributed by atoms with Gasteiger partial charge in [-0.2, -0.15) is 0 Å². The van der Waals surface area contributed by atoms with Gasteiger partial charge in [-0.1, -0.05) is 29.8 Å². The zero-order chi connectivity index (χ0) is 22.9. The topological polar surface area (TPSA) is 103 Å². The minimum atomic E-state index is -3.07. The van der Waals surface area contributed by atoms with Gasteiger partial charge in [0, 0.05) is 25.8 Å². The molecule has 1 unspecified atom stereocenters. The first kappa shape index (κ1) is 22.4. The first-order valence-corrected chi connectivity index (χ1v) is 12.6. The normalized spacial score (nSPS) is 17.7. The molecule has 1 N–H and O–H groups in total. The van der Waals surface area contributed by atoms with Crippen molar-refractivity contribution in [2.75, 3.05) is 31.8 Å². The molecule has 32 heavy (non-hydrogen) atoms. The lowest BCUT2D eigenvalue weighted by molar-refractivity contribution is 0.0945. The molecule has 1 aliphatic rings. The Balaban J connectivity index is 1.83. The van der Waals surface area contributed by atoms with E-state index in [1.54, 1.807) is 7.11 Å². The third kappa shape index (κ3) is 4.54. The number of aromatic nitrogens is 3. The lowest BCUT2D eigenvalue weighted by Crippen LogP contribution is -2.26. The average molecular weight is 457 g/mol. The summed E-state index contributed by atoms with van der Waals surface area (Å²) in [6.45, 7) is 4.87. The second-order valence-electron chi connectivity index (χ2n) is 8.28. The third-order valence-corrected chi connectivity index (χ3v) is 7.55. The molecule has 2 aromatic heterocycles. The molecule has 0 spiro atoms. The van der Waals surface area contributed by atoms with E-state index in [-0.39, 0.29) is 29.1 Å². The van der Waals surface area contributed by atoms with Crippen molar-refractivity contribution in [2.45, 2.75) is 32.7 Å². The smallest absolute Gasteiger partial charge is 0.272 e. The lowest BCUT2D eigenvalue weighted by Gasteiger charge is -2.15. The van der Waals surface area contributed by atoms with Crippen molar-refractivity contribution in [3.05, 3.63) is 47.4 Å². The fraction of sp³-hybridized carbons (Fsp3) is 0.435. The molecule has 0 radical (unpaired) electrons. The largest absolute Gasteiger partial charge is 0.385 e. The fourth-order valence-corrected chi connectivity index (χ4v) is 5.88. The van der Waals surface area contributed by atoms with Gasteiger partial charge in [0.1, 0.15) is 11.3 Å². The molecule has 0 saturated carbocycles. The first-order valence-electron chi connectivity index (χ1n) is 10.7. The van der Waals surface area contributed by atoms with E-state index in [1.165, 1.54) is 0 Å². The standard InChI is InChI=1S/C23H28N4O4S/c1-15-5-7-17(8-6-15)19-13-20-21(22(26-19)23(28)24-10-4-11-31-3)25-16(2)27(20)18-9-12-32(29,30)14-18/h5-8,13,18H,4,9-12,14H2,1-3H3,(H,24,28). The van der Waals surface area contributed by atoms with Gasteiger partial charge < -0.3 is 14.6 Å². The van der Waals surface area contributed by atoms with Crippen LogP contribution >= 0.6 is 0 Å². The summed E-state index contributed by atoms with van der Waals surface area (Å²) < 4.78 is 31.3. The van der Waals surface area contributed by atoms with Crippen LogP contribution in [0.15, 0.2) is 30.3 Å². The van der Waals surface area contributed by atoms with Crippen LogP contribution in [0, 0.1) is 13.8 Å². The summed E-state index contributed by atoms with van der Waals surface area (Å²) in [5.74, 6) is 0.627. The maximum absolute atomic E-state index is 13.0. The van der Waals surface area contributed by atoms with Gasteiger partial charge >= 0.3 is 0 Å². The molecular weight excluding hydrogens is 428 g/mol. The molecule has 9 heteroatoms. The monoisotopic (exact) mass is 456 g/mol. The number of methoxy groups -OCH3 is 1. The lowest BCUT2D eigenvalue weighted by atomic mass is 10.1. The Morgan fingerprint density at radius 2 is 1.97 bits per heavy atom. The van der Waals surface area contributed by atoms with Gasteiger partial charge in [0.05, 0.1) is 28.8 Å². The van der Waals surface area contributed by atoms with E-state index in [2.05, 4.69) is 15.3 Å². The van der Waals surface area contributed by atoms with Crippen LogP contribution in [0.1, 0.15) is 40.8 Å². The Morgan fingerprint density at radius 1 is 1.22 bits per heavy atom. The van der Waals surface area contributed by atoms with Gasteiger partial charge in [0.25, 0.3) is 5.91 Å². The Labute approximate surface area is 187 Å². The van der Waals surface area contributed by atoms with E-state index in [9.17, 15) is 13.2 Å². The molecule has 1 aromatic carbocycles. The van der Waals surface area contributed by atoms with E-state index in [4.69, 9.17) is 4.74 Å². The number of ether oxygens (including phenoxy) is 1. The van der Waals surface area contributed by atoms with Gasteiger partial charge in [-0.3, -0.25) is 4.79 Å². The quantitative estimate of drug-likeness (QED) is 0.549. The first-order chi connectivity index (χ1) is 15.3. The molecule has 3 heterocycles. The highest BCUT2D eigenvalue weighted by Crippen LogP contribution is 2.32. The Morgan fingerprint density at radius 3 is 2.62 bits per heavy atom. The highest BCUT2D eigenvalue weighted by molar-refractivity contribution is 7.91. The maximum Gasteiger partial charge on any atom is 0.272 e. The summed E-state index contributed by atoms with van der Waals surface area (Å²) in [7, 11) is -1.45. The van der Waals surface area contributed by atoms with Crippen LogP contribution < -0.4 is 5.32 Å². The number of amides is 1. The van der Waals surface area contributed by atoms with E-state index in [1.807, 2.05) is 48.7 Å². The second-order valence-corrected chi connectivity index (χ2v) is 10.5. The zero-order valence-corrected chi connectivity index (χ0v) is 19.4. The Bertz CT molecular complexity index is 1250. The number of fused-ring (bicyclic) bond motifs is 1. The molecule has 8 nitrogen and oxygen atoms in total. The molecule has 1 fully saturated rings. The maximum atomic E-state index is 13.0. The van der Waals surface area contributed by atoms with Crippen molar-refractivity contribution in [3.63, 3.8) is 0 Å². The summed E-state index contributed by atoms with van der Waals surface area (Å²) in [6, 6.07) is 9.65. The highest BCUT2D eigenvalue weighted by atomic mass is 32.2.